The minimum Gasteiger partial charge on any atom is -0.477 e. The van der Waals surface area contributed by atoms with Gasteiger partial charge >= 0.3 is 0 Å². The van der Waals surface area contributed by atoms with Crippen molar-refractivity contribution in [1.29, 1.82) is 0 Å². The summed E-state index contributed by atoms with van der Waals surface area (Å²) in [6.07, 6.45) is 12.1. The van der Waals surface area contributed by atoms with Crippen LogP contribution in [0.1, 0.15) is 72.8 Å². The molecule has 1 saturated carbocycles. The van der Waals surface area contributed by atoms with Crippen LogP contribution >= 0.6 is 0 Å². The van der Waals surface area contributed by atoms with E-state index in [4.69, 9.17) is 9.72 Å². The van der Waals surface area contributed by atoms with Crippen LogP contribution in [0.4, 0.5) is 0 Å². The molecule has 2 aromatic heterocycles. The van der Waals surface area contributed by atoms with Gasteiger partial charge in [-0.15, -0.1) is 0 Å². The molecule has 0 aromatic carbocycles. The van der Waals surface area contributed by atoms with Gasteiger partial charge in [0, 0.05) is 35.0 Å². The van der Waals surface area contributed by atoms with Gasteiger partial charge in [0.05, 0.1) is 6.61 Å². The van der Waals surface area contributed by atoms with Crippen molar-refractivity contribution < 1.29 is 4.74 Å². The van der Waals surface area contributed by atoms with Crippen LogP contribution in [0.25, 0.3) is 0 Å². The third kappa shape index (κ3) is 4.05. The Bertz CT molecular complexity index is 774. The summed E-state index contributed by atoms with van der Waals surface area (Å²) in [5, 5.41) is 0. The van der Waals surface area contributed by atoms with Crippen molar-refractivity contribution in [3.05, 3.63) is 46.7 Å². The van der Waals surface area contributed by atoms with Crippen LogP contribution in [0.15, 0.2) is 18.3 Å². The Balaban J connectivity index is 1.39. The molecule has 0 radical (unpaired) electrons. The molecular formula is C22H29N3O. The first-order valence-corrected chi connectivity index (χ1v) is 10.1. The molecule has 0 N–H and O–H groups in total. The number of rotatable bonds is 4. The van der Waals surface area contributed by atoms with Gasteiger partial charge in [0.25, 0.3) is 0 Å². The first kappa shape index (κ1) is 17.4. The summed E-state index contributed by atoms with van der Waals surface area (Å²) in [5.41, 5.74) is 5.12. The van der Waals surface area contributed by atoms with Crippen LogP contribution in [0.5, 0.6) is 5.88 Å². The fourth-order valence-electron chi connectivity index (χ4n) is 3.97. The lowest BCUT2D eigenvalue weighted by Gasteiger charge is -2.10. The number of aryl methyl sites for hydroxylation is 4. The Morgan fingerprint density at radius 2 is 1.81 bits per heavy atom. The van der Waals surface area contributed by atoms with E-state index in [-0.39, 0.29) is 0 Å². The second kappa shape index (κ2) is 7.73. The van der Waals surface area contributed by atoms with Crippen LogP contribution < -0.4 is 4.74 Å². The van der Waals surface area contributed by atoms with Crippen LogP contribution in [0.3, 0.4) is 0 Å². The van der Waals surface area contributed by atoms with Gasteiger partial charge in [-0.2, -0.15) is 4.98 Å². The van der Waals surface area contributed by atoms with E-state index in [9.17, 15) is 0 Å². The monoisotopic (exact) mass is 351 g/mol. The molecule has 0 bridgehead atoms. The van der Waals surface area contributed by atoms with Crippen LogP contribution in [-0.2, 0) is 12.8 Å². The molecule has 2 aliphatic carbocycles. The summed E-state index contributed by atoms with van der Waals surface area (Å²) in [6, 6.07) is 4.61. The fraction of sp³-hybridized carbons (Fsp3) is 0.591. The predicted molar refractivity (Wildman–Crippen MR) is 103 cm³/mol. The molecule has 2 heterocycles. The quantitative estimate of drug-likeness (QED) is 0.800. The molecule has 2 unspecified atom stereocenters. The smallest absolute Gasteiger partial charge is 0.219 e. The highest BCUT2D eigenvalue weighted by molar-refractivity contribution is 5.28. The van der Waals surface area contributed by atoms with E-state index in [1.165, 1.54) is 61.9 Å². The van der Waals surface area contributed by atoms with Crippen molar-refractivity contribution in [2.45, 2.75) is 71.1 Å². The van der Waals surface area contributed by atoms with Gasteiger partial charge in [-0.3, -0.25) is 4.98 Å². The van der Waals surface area contributed by atoms with Gasteiger partial charge < -0.3 is 4.74 Å². The molecule has 0 saturated heterocycles. The zero-order valence-corrected chi connectivity index (χ0v) is 16.0. The van der Waals surface area contributed by atoms with Crippen LogP contribution in [-0.4, -0.2) is 21.6 Å². The summed E-state index contributed by atoms with van der Waals surface area (Å²) in [5.74, 6) is 2.60. The second-order valence-corrected chi connectivity index (χ2v) is 7.93. The van der Waals surface area contributed by atoms with E-state index < -0.39 is 0 Å². The normalized spacial score (nSPS) is 22.7. The van der Waals surface area contributed by atoms with E-state index >= 15 is 0 Å². The molecule has 0 spiro atoms. The summed E-state index contributed by atoms with van der Waals surface area (Å²) >= 11 is 0. The van der Waals surface area contributed by atoms with Crippen molar-refractivity contribution in [3.8, 4) is 5.88 Å². The molecule has 4 nitrogen and oxygen atoms in total. The van der Waals surface area contributed by atoms with E-state index in [0.717, 1.165) is 30.3 Å². The van der Waals surface area contributed by atoms with Crippen molar-refractivity contribution >= 4 is 0 Å². The van der Waals surface area contributed by atoms with E-state index in [1.54, 1.807) is 0 Å². The summed E-state index contributed by atoms with van der Waals surface area (Å²) < 4.78 is 5.98. The topological polar surface area (TPSA) is 47.9 Å². The van der Waals surface area contributed by atoms with E-state index in [0.29, 0.717) is 11.8 Å². The Morgan fingerprint density at radius 1 is 1.00 bits per heavy atom. The third-order valence-electron chi connectivity index (χ3n) is 5.73. The Kier molecular flexibility index (Phi) is 5.18. The summed E-state index contributed by atoms with van der Waals surface area (Å²) in [7, 11) is 0. The zero-order chi connectivity index (χ0) is 17.9. The molecule has 2 aromatic rings. The summed E-state index contributed by atoms with van der Waals surface area (Å²) in [6.45, 7) is 4.62. The van der Waals surface area contributed by atoms with Crippen molar-refractivity contribution in [1.82, 2.24) is 15.0 Å². The zero-order valence-electron chi connectivity index (χ0n) is 16.0. The maximum atomic E-state index is 5.98. The SMILES string of the molecule is Cc1ncc(C)c(OCC2CC2c2ccc3c(n2)CCCCCCC3)n1. The highest BCUT2D eigenvalue weighted by atomic mass is 16.5. The van der Waals surface area contributed by atoms with Gasteiger partial charge in [-0.1, -0.05) is 25.3 Å². The maximum Gasteiger partial charge on any atom is 0.219 e. The number of pyridine rings is 1. The highest BCUT2D eigenvalue weighted by Crippen LogP contribution is 2.47. The standard InChI is InChI=1S/C22H29N3O/c1-15-13-23-16(2)24-22(15)26-14-18-12-19(18)21-11-10-17-8-6-4-3-5-7-9-20(17)25-21/h10-11,13,18-19H,3-9,12,14H2,1-2H3. The maximum absolute atomic E-state index is 5.98. The molecule has 0 amide bonds. The van der Waals surface area contributed by atoms with Crippen molar-refractivity contribution in [3.63, 3.8) is 0 Å². The van der Waals surface area contributed by atoms with Gasteiger partial charge in [-0.05, 0) is 57.6 Å². The number of aromatic nitrogens is 3. The molecule has 138 valence electrons. The number of fused-ring (bicyclic) bond motifs is 1. The van der Waals surface area contributed by atoms with Gasteiger partial charge in [0.2, 0.25) is 5.88 Å². The number of ether oxygens (including phenoxy) is 1. The molecule has 1 fully saturated rings. The lowest BCUT2D eigenvalue weighted by Crippen LogP contribution is -2.06. The van der Waals surface area contributed by atoms with Crippen molar-refractivity contribution in [2.24, 2.45) is 5.92 Å². The van der Waals surface area contributed by atoms with Gasteiger partial charge in [-0.25, -0.2) is 4.98 Å². The molecule has 2 aliphatic rings. The molecule has 4 rings (SSSR count). The minimum atomic E-state index is 0.552. The first-order valence-electron chi connectivity index (χ1n) is 10.1. The molecular weight excluding hydrogens is 322 g/mol. The molecule has 2 atom stereocenters. The van der Waals surface area contributed by atoms with E-state index in [2.05, 4.69) is 22.1 Å². The van der Waals surface area contributed by atoms with Crippen molar-refractivity contribution in [2.75, 3.05) is 6.61 Å². The Hall–Kier alpha value is -1.97. The molecule has 4 heteroatoms. The number of hydrogen-bond acceptors (Lipinski definition) is 4. The number of nitrogens with zero attached hydrogens (tertiary/aromatic N) is 3. The average Bonchev–Trinajstić information content (AvgIpc) is 3.40. The van der Waals surface area contributed by atoms with Crippen LogP contribution in [0, 0.1) is 19.8 Å². The van der Waals surface area contributed by atoms with Gasteiger partial charge in [0.15, 0.2) is 0 Å². The van der Waals surface area contributed by atoms with E-state index in [1.807, 2.05) is 20.0 Å². The average molecular weight is 351 g/mol. The summed E-state index contributed by atoms with van der Waals surface area (Å²) in [4.78, 5) is 13.7. The first-order chi connectivity index (χ1) is 12.7. The highest BCUT2D eigenvalue weighted by Gasteiger charge is 2.40. The largest absolute Gasteiger partial charge is 0.477 e. The van der Waals surface area contributed by atoms with Gasteiger partial charge in [0.1, 0.15) is 5.82 Å². The lowest BCUT2D eigenvalue weighted by atomic mass is 10.0. The Labute approximate surface area is 156 Å². The fourth-order valence-corrected chi connectivity index (χ4v) is 3.97. The minimum absolute atomic E-state index is 0.552. The molecule has 26 heavy (non-hydrogen) atoms. The number of hydrogen-bond donors (Lipinski definition) is 0. The molecule has 0 aliphatic heterocycles. The third-order valence-corrected chi connectivity index (χ3v) is 5.73. The Morgan fingerprint density at radius 3 is 2.69 bits per heavy atom. The second-order valence-electron chi connectivity index (χ2n) is 7.93. The predicted octanol–water partition coefficient (Wildman–Crippen LogP) is 4.72. The lowest BCUT2D eigenvalue weighted by molar-refractivity contribution is 0.282. The van der Waals surface area contributed by atoms with Crippen LogP contribution in [0.2, 0.25) is 0 Å².